The number of halogens is 1. The van der Waals surface area contributed by atoms with Gasteiger partial charge in [0.25, 0.3) is 0 Å². The summed E-state index contributed by atoms with van der Waals surface area (Å²) in [5.41, 5.74) is 0.375. The molecule has 6 heteroatoms. The van der Waals surface area contributed by atoms with Crippen molar-refractivity contribution in [2.75, 3.05) is 0 Å². The van der Waals surface area contributed by atoms with Gasteiger partial charge in [-0.25, -0.2) is 9.59 Å². The van der Waals surface area contributed by atoms with Gasteiger partial charge in [-0.3, -0.25) is 0 Å². The van der Waals surface area contributed by atoms with Crippen molar-refractivity contribution in [1.29, 1.82) is 0 Å². The van der Waals surface area contributed by atoms with Crippen molar-refractivity contribution >= 4 is 23.6 Å². The molecule has 1 atom stereocenters. The van der Waals surface area contributed by atoms with Crippen molar-refractivity contribution in [3.8, 4) is 0 Å². The minimum atomic E-state index is -1.14. The lowest BCUT2D eigenvalue weighted by Gasteiger charge is -2.27. The molecule has 0 aromatic heterocycles. The van der Waals surface area contributed by atoms with Crippen LogP contribution in [0.5, 0.6) is 0 Å². The molecule has 1 aromatic carbocycles. The first kappa shape index (κ1) is 13.7. The molecule has 0 aliphatic heterocycles. The van der Waals surface area contributed by atoms with Gasteiger partial charge in [-0.1, -0.05) is 29.8 Å². The van der Waals surface area contributed by atoms with Crippen LogP contribution in [0.1, 0.15) is 30.9 Å². The molecule has 1 saturated carbocycles. The zero-order valence-electron chi connectivity index (χ0n) is 10.2. The topological polar surface area (TPSA) is 78.4 Å². The maximum absolute atomic E-state index is 11.7. The Hall–Kier alpha value is -1.75. The molecule has 1 fully saturated rings. The highest BCUT2D eigenvalue weighted by Gasteiger charge is 2.26. The molecular weight excluding hydrogens is 268 g/mol. The number of amides is 2. The number of benzene rings is 1. The molecule has 0 unspecified atom stereocenters. The van der Waals surface area contributed by atoms with Crippen molar-refractivity contribution < 1.29 is 14.7 Å². The van der Waals surface area contributed by atoms with Crippen LogP contribution < -0.4 is 10.6 Å². The summed E-state index contributed by atoms with van der Waals surface area (Å²) < 4.78 is 0. The molecule has 0 bridgehead atoms. The fraction of sp³-hybridized carbons (Fsp3) is 0.385. The van der Waals surface area contributed by atoms with Crippen LogP contribution in [0.4, 0.5) is 4.79 Å². The van der Waals surface area contributed by atoms with Gasteiger partial charge in [0.1, 0.15) is 0 Å². The molecule has 1 aliphatic rings. The fourth-order valence-corrected chi connectivity index (χ4v) is 2.14. The lowest BCUT2D eigenvalue weighted by atomic mass is 9.93. The van der Waals surface area contributed by atoms with Gasteiger partial charge in [0.2, 0.25) is 0 Å². The number of hydrogen-bond acceptors (Lipinski definition) is 2. The normalized spacial score (nSPS) is 16.3. The van der Waals surface area contributed by atoms with E-state index in [1.54, 1.807) is 24.3 Å². The number of hydrogen-bond donors (Lipinski definition) is 3. The standard InChI is InChI=1S/C13H15ClN2O3/c14-10-7-2-1-6-9(10)11(12(17)18)16-13(19)15-8-4-3-5-8/h1-2,6-8,11H,3-5H2,(H,17,18)(H2,15,16,19)/t11-/m1/s1. The van der Waals surface area contributed by atoms with Crippen LogP contribution in [0.25, 0.3) is 0 Å². The molecule has 1 aromatic rings. The number of carboxylic acids is 1. The largest absolute Gasteiger partial charge is 0.479 e. The SMILES string of the molecule is O=C(NC1CCC1)N[C@@H](C(=O)O)c1ccccc1Cl. The second-order valence-electron chi connectivity index (χ2n) is 4.54. The minimum Gasteiger partial charge on any atom is -0.479 e. The van der Waals surface area contributed by atoms with Crippen LogP contribution in [0.3, 0.4) is 0 Å². The van der Waals surface area contributed by atoms with Gasteiger partial charge in [0, 0.05) is 16.6 Å². The van der Waals surface area contributed by atoms with E-state index < -0.39 is 18.0 Å². The zero-order valence-corrected chi connectivity index (χ0v) is 11.0. The molecule has 0 radical (unpaired) electrons. The summed E-state index contributed by atoms with van der Waals surface area (Å²) in [6, 6.07) is 5.11. The Morgan fingerprint density at radius 3 is 2.53 bits per heavy atom. The van der Waals surface area contributed by atoms with E-state index in [-0.39, 0.29) is 6.04 Å². The van der Waals surface area contributed by atoms with Crippen molar-refractivity contribution in [2.45, 2.75) is 31.3 Å². The highest BCUT2D eigenvalue weighted by Crippen LogP contribution is 2.23. The Morgan fingerprint density at radius 2 is 2.00 bits per heavy atom. The summed E-state index contributed by atoms with van der Waals surface area (Å²) in [6.07, 6.45) is 2.98. The molecule has 2 rings (SSSR count). The van der Waals surface area contributed by atoms with E-state index in [2.05, 4.69) is 10.6 Å². The predicted molar refractivity (Wildman–Crippen MR) is 71.1 cm³/mol. The summed E-state index contributed by atoms with van der Waals surface area (Å²) in [5, 5.41) is 14.7. The van der Waals surface area contributed by atoms with Gasteiger partial charge in [-0.05, 0) is 25.3 Å². The number of urea groups is 1. The number of carbonyl (C=O) groups is 2. The van der Waals surface area contributed by atoms with E-state index in [1.807, 2.05) is 0 Å². The van der Waals surface area contributed by atoms with Gasteiger partial charge in [-0.15, -0.1) is 0 Å². The third-order valence-electron chi connectivity index (χ3n) is 3.18. The van der Waals surface area contributed by atoms with Gasteiger partial charge in [-0.2, -0.15) is 0 Å². The van der Waals surface area contributed by atoms with Gasteiger partial charge in [0.05, 0.1) is 0 Å². The minimum absolute atomic E-state index is 0.153. The van der Waals surface area contributed by atoms with Crippen LogP contribution in [0, 0.1) is 0 Å². The van der Waals surface area contributed by atoms with Crippen LogP contribution in [0.15, 0.2) is 24.3 Å². The van der Waals surface area contributed by atoms with Crippen LogP contribution in [-0.4, -0.2) is 23.1 Å². The molecule has 0 saturated heterocycles. The maximum atomic E-state index is 11.7. The fourth-order valence-electron chi connectivity index (χ4n) is 1.89. The Kier molecular flexibility index (Phi) is 4.27. The van der Waals surface area contributed by atoms with E-state index >= 15 is 0 Å². The Labute approximate surface area is 116 Å². The van der Waals surface area contributed by atoms with Crippen LogP contribution in [-0.2, 0) is 4.79 Å². The smallest absolute Gasteiger partial charge is 0.331 e. The summed E-state index contributed by atoms with van der Waals surface area (Å²) in [4.78, 5) is 23.0. The predicted octanol–water partition coefficient (Wildman–Crippen LogP) is 2.32. The Balaban J connectivity index is 2.06. The number of rotatable bonds is 4. The maximum Gasteiger partial charge on any atom is 0.331 e. The highest BCUT2D eigenvalue weighted by molar-refractivity contribution is 6.31. The average Bonchev–Trinajstić information content (AvgIpc) is 2.32. The molecule has 2 amide bonds. The lowest BCUT2D eigenvalue weighted by Crippen LogP contribution is -2.47. The first-order valence-corrected chi connectivity index (χ1v) is 6.50. The first-order chi connectivity index (χ1) is 9.08. The van der Waals surface area contributed by atoms with Crippen LogP contribution >= 0.6 is 11.6 Å². The summed E-state index contributed by atoms with van der Waals surface area (Å²) >= 11 is 5.96. The molecule has 0 spiro atoms. The van der Waals surface area contributed by atoms with Gasteiger partial charge < -0.3 is 15.7 Å². The van der Waals surface area contributed by atoms with E-state index in [0.29, 0.717) is 10.6 Å². The van der Waals surface area contributed by atoms with Crippen molar-refractivity contribution in [3.63, 3.8) is 0 Å². The number of carboxylic acid groups (broad SMARTS) is 1. The van der Waals surface area contributed by atoms with Crippen molar-refractivity contribution in [3.05, 3.63) is 34.9 Å². The van der Waals surface area contributed by atoms with Crippen molar-refractivity contribution in [2.24, 2.45) is 0 Å². The molecule has 3 N–H and O–H groups in total. The monoisotopic (exact) mass is 282 g/mol. The van der Waals surface area contributed by atoms with E-state index in [0.717, 1.165) is 19.3 Å². The molecule has 5 nitrogen and oxygen atoms in total. The summed E-state index contributed by atoms with van der Waals surface area (Å²) in [5.74, 6) is -1.14. The number of carbonyl (C=O) groups excluding carboxylic acids is 1. The van der Waals surface area contributed by atoms with Gasteiger partial charge in [0.15, 0.2) is 6.04 Å². The second kappa shape index (κ2) is 5.93. The molecule has 102 valence electrons. The summed E-state index contributed by atoms with van der Waals surface area (Å²) in [6.45, 7) is 0. The highest BCUT2D eigenvalue weighted by atomic mass is 35.5. The summed E-state index contributed by atoms with van der Waals surface area (Å²) in [7, 11) is 0. The number of aliphatic carboxylic acids is 1. The zero-order chi connectivity index (χ0) is 13.8. The van der Waals surface area contributed by atoms with E-state index in [4.69, 9.17) is 11.6 Å². The molecule has 19 heavy (non-hydrogen) atoms. The Bertz CT molecular complexity index is 489. The lowest BCUT2D eigenvalue weighted by molar-refractivity contribution is -0.139. The Morgan fingerprint density at radius 1 is 1.32 bits per heavy atom. The van der Waals surface area contributed by atoms with E-state index in [1.165, 1.54) is 0 Å². The molecule has 0 heterocycles. The molecule has 1 aliphatic carbocycles. The third-order valence-corrected chi connectivity index (χ3v) is 3.52. The third kappa shape index (κ3) is 3.38. The molecular formula is C13H15ClN2O3. The quantitative estimate of drug-likeness (QED) is 0.793. The average molecular weight is 283 g/mol. The second-order valence-corrected chi connectivity index (χ2v) is 4.95. The van der Waals surface area contributed by atoms with Crippen LogP contribution in [0.2, 0.25) is 5.02 Å². The van der Waals surface area contributed by atoms with Gasteiger partial charge >= 0.3 is 12.0 Å². The van der Waals surface area contributed by atoms with Crippen molar-refractivity contribution in [1.82, 2.24) is 10.6 Å². The first-order valence-electron chi connectivity index (χ1n) is 6.12. The number of nitrogens with one attached hydrogen (secondary N) is 2. The van der Waals surface area contributed by atoms with E-state index in [9.17, 15) is 14.7 Å².